The number of rotatable bonds is 8. The first-order valence-electron chi connectivity index (χ1n) is 7.09. The highest BCUT2D eigenvalue weighted by atomic mass is 16.4. The largest absolute Gasteiger partial charge is 0.406 e. The Morgan fingerprint density at radius 3 is 2.78 bits per heavy atom. The topological polar surface area (TPSA) is 54.2 Å². The van der Waals surface area contributed by atoms with Crippen molar-refractivity contribution < 1.29 is 4.42 Å². The Bertz CT molecular complexity index is 362. The Balaban J connectivity index is 2.01. The molecule has 0 amide bonds. The van der Waals surface area contributed by atoms with Crippen LogP contribution in [-0.4, -0.2) is 29.3 Å². The lowest BCUT2D eigenvalue weighted by atomic mass is 10.3. The Morgan fingerprint density at radius 2 is 2.17 bits per heavy atom. The SMILES string of the molecule is CCCCN(c1nnc(C(C)NCC)o1)C1CC1. The number of anilines is 1. The second kappa shape index (κ2) is 6.18. The van der Waals surface area contributed by atoms with E-state index in [2.05, 4.69) is 34.3 Å². The van der Waals surface area contributed by atoms with Gasteiger partial charge in [0.2, 0.25) is 5.89 Å². The quantitative estimate of drug-likeness (QED) is 0.770. The van der Waals surface area contributed by atoms with Crippen molar-refractivity contribution in [2.45, 2.75) is 58.5 Å². The molecule has 5 heteroatoms. The van der Waals surface area contributed by atoms with Gasteiger partial charge in [-0.15, -0.1) is 5.10 Å². The smallest absolute Gasteiger partial charge is 0.318 e. The lowest BCUT2D eigenvalue weighted by Gasteiger charge is -2.19. The van der Waals surface area contributed by atoms with E-state index < -0.39 is 0 Å². The van der Waals surface area contributed by atoms with E-state index >= 15 is 0 Å². The minimum Gasteiger partial charge on any atom is -0.406 e. The Hall–Kier alpha value is -1.10. The Morgan fingerprint density at radius 1 is 1.39 bits per heavy atom. The van der Waals surface area contributed by atoms with Crippen LogP contribution in [0.3, 0.4) is 0 Å². The molecule has 0 radical (unpaired) electrons. The van der Waals surface area contributed by atoms with Gasteiger partial charge in [-0.2, -0.15) is 0 Å². The molecule has 0 aromatic carbocycles. The molecule has 0 aliphatic heterocycles. The first-order valence-corrected chi connectivity index (χ1v) is 7.09. The van der Waals surface area contributed by atoms with Crippen molar-refractivity contribution in [3.63, 3.8) is 0 Å². The van der Waals surface area contributed by atoms with Crippen LogP contribution in [0.25, 0.3) is 0 Å². The van der Waals surface area contributed by atoms with Crippen LogP contribution in [0.2, 0.25) is 0 Å². The van der Waals surface area contributed by atoms with Crippen LogP contribution in [0.4, 0.5) is 6.01 Å². The summed E-state index contributed by atoms with van der Waals surface area (Å²) in [5, 5.41) is 11.6. The summed E-state index contributed by atoms with van der Waals surface area (Å²) in [7, 11) is 0. The van der Waals surface area contributed by atoms with Gasteiger partial charge in [-0.25, -0.2) is 0 Å². The summed E-state index contributed by atoms with van der Waals surface area (Å²) in [6.07, 6.45) is 4.88. The molecule has 2 rings (SSSR count). The van der Waals surface area contributed by atoms with E-state index in [0.29, 0.717) is 17.9 Å². The summed E-state index contributed by atoms with van der Waals surface area (Å²) in [6.45, 7) is 8.26. The van der Waals surface area contributed by atoms with Crippen molar-refractivity contribution in [2.24, 2.45) is 0 Å². The molecule has 0 bridgehead atoms. The molecule has 1 heterocycles. The zero-order valence-electron chi connectivity index (χ0n) is 11.6. The zero-order valence-corrected chi connectivity index (χ0v) is 11.6. The zero-order chi connectivity index (χ0) is 13.0. The Labute approximate surface area is 109 Å². The second-order valence-electron chi connectivity index (χ2n) is 4.98. The first kappa shape index (κ1) is 13.3. The highest BCUT2D eigenvalue weighted by Gasteiger charge is 2.32. The van der Waals surface area contributed by atoms with E-state index in [1.54, 1.807) is 0 Å². The average molecular weight is 252 g/mol. The van der Waals surface area contributed by atoms with E-state index in [4.69, 9.17) is 4.42 Å². The fourth-order valence-electron chi connectivity index (χ4n) is 2.06. The molecule has 1 aliphatic rings. The third-order valence-corrected chi connectivity index (χ3v) is 3.30. The fraction of sp³-hybridized carbons (Fsp3) is 0.846. The van der Waals surface area contributed by atoms with Crippen LogP contribution in [-0.2, 0) is 0 Å². The summed E-state index contributed by atoms with van der Waals surface area (Å²) in [5.74, 6) is 0.689. The molecule has 1 saturated carbocycles. The van der Waals surface area contributed by atoms with E-state index in [-0.39, 0.29) is 6.04 Å². The third-order valence-electron chi connectivity index (χ3n) is 3.30. The molecule has 102 valence electrons. The molecule has 1 aromatic heterocycles. The lowest BCUT2D eigenvalue weighted by Crippen LogP contribution is -2.27. The lowest BCUT2D eigenvalue weighted by molar-refractivity contribution is 0.417. The molecular weight excluding hydrogens is 228 g/mol. The van der Waals surface area contributed by atoms with E-state index in [1.165, 1.54) is 25.7 Å². The predicted molar refractivity (Wildman–Crippen MR) is 71.7 cm³/mol. The molecular formula is C13H24N4O. The maximum absolute atomic E-state index is 5.80. The van der Waals surface area contributed by atoms with Gasteiger partial charge in [0, 0.05) is 12.6 Å². The normalized spacial score (nSPS) is 16.8. The minimum atomic E-state index is 0.128. The predicted octanol–water partition coefficient (Wildman–Crippen LogP) is 2.51. The van der Waals surface area contributed by atoms with Gasteiger partial charge >= 0.3 is 6.01 Å². The number of hydrogen-bond donors (Lipinski definition) is 1. The maximum Gasteiger partial charge on any atom is 0.318 e. The van der Waals surface area contributed by atoms with Crippen molar-refractivity contribution in [3.05, 3.63) is 5.89 Å². The molecule has 0 spiro atoms. The number of unbranched alkanes of at least 4 members (excludes halogenated alkanes) is 1. The molecule has 0 saturated heterocycles. The molecule has 18 heavy (non-hydrogen) atoms. The average Bonchev–Trinajstić information content (AvgIpc) is 3.07. The van der Waals surface area contributed by atoms with Gasteiger partial charge in [-0.1, -0.05) is 25.4 Å². The first-order chi connectivity index (χ1) is 8.76. The van der Waals surface area contributed by atoms with Crippen LogP contribution in [0.15, 0.2) is 4.42 Å². The van der Waals surface area contributed by atoms with Gasteiger partial charge in [0.1, 0.15) is 0 Å². The van der Waals surface area contributed by atoms with Gasteiger partial charge in [-0.3, -0.25) is 0 Å². The summed E-state index contributed by atoms with van der Waals surface area (Å²) in [5.41, 5.74) is 0. The fourth-order valence-corrected chi connectivity index (χ4v) is 2.06. The molecule has 1 aliphatic carbocycles. The van der Waals surface area contributed by atoms with Gasteiger partial charge in [0.15, 0.2) is 0 Å². The highest BCUT2D eigenvalue weighted by Crippen LogP contribution is 2.31. The number of aromatic nitrogens is 2. The van der Waals surface area contributed by atoms with Crippen LogP contribution in [0, 0.1) is 0 Å². The van der Waals surface area contributed by atoms with E-state index in [1.807, 2.05) is 6.92 Å². The van der Waals surface area contributed by atoms with Gasteiger partial charge in [0.05, 0.1) is 6.04 Å². The summed E-state index contributed by atoms with van der Waals surface area (Å²) in [4.78, 5) is 2.28. The summed E-state index contributed by atoms with van der Waals surface area (Å²) >= 11 is 0. The summed E-state index contributed by atoms with van der Waals surface area (Å²) in [6, 6.07) is 1.45. The van der Waals surface area contributed by atoms with Crippen molar-refractivity contribution in [1.29, 1.82) is 0 Å². The van der Waals surface area contributed by atoms with Crippen LogP contribution in [0.5, 0.6) is 0 Å². The second-order valence-corrected chi connectivity index (χ2v) is 4.98. The van der Waals surface area contributed by atoms with Crippen LogP contribution in [0.1, 0.15) is 58.4 Å². The molecule has 1 aromatic rings. The van der Waals surface area contributed by atoms with Gasteiger partial charge < -0.3 is 14.6 Å². The minimum absolute atomic E-state index is 0.128. The Kier molecular flexibility index (Phi) is 4.58. The van der Waals surface area contributed by atoms with Crippen LogP contribution >= 0.6 is 0 Å². The molecule has 5 nitrogen and oxygen atoms in total. The van der Waals surface area contributed by atoms with Crippen molar-refractivity contribution in [3.8, 4) is 0 Å². The van der Waals surface area contributed by atoms with E-state index in [0.717, 1.165) is 13.1 Å². The van der Waals surface area contributed by atoms with E-state index in [9.17, 15) is 0 Å². The molecule has 1 fully saturated rings. The third kappa shape index (κ3) is 3.22. The molecule has 1 atom stereocenters. The molecule has 1 N–H and O–H groups in total. The van der Waals surface area contributed by atoms with Gasteiger partial charge in [0.25, 0.3) is 0 Å². The number of nitrogens with zero attached hydrogens (tertiary/aromatic N) is 3. The maximum atomic E-state index is 5.80. The number of hydrogen-bond acceptors (Lipinski definition) is 5. The monoisotopic (exact) mass is 252 g/mol. The standard InChI is InChI=1S/C13H24N4O/c1-4-6-9-17(11-7-8-11)13-16-15-12(18-13)10(3)14-5-2/h10-11,14H,4-9H2,1-3H3. The van der Waals surface area contributed by atoms with Crippen LogP contribution < -0.4 is 10.2 Å². The van der Waals surface area contributed by atoms with Crippen molar-refractivity contribution >= 4 is 6.01 Å². The van der Waals surface area contributed by atoms with Gasteiger partial charge in [-0.05, 0) is 32.7 Å². The highest BCUT2D eigenvalue weighted by molar-refractivity contribution is 5.29. The molecule has 1 unspecified atom stereocenters. The van der Waals surface area contributed by atoms with Crippen molar-refractivity contribution in [1.82, 2.24) is 15.5 Å². The van der Waals surface area contributed by atoms with Crippen molar-refractivity contribution in [2.75, 3.05) is 18.0 Å². The summed E-state index contributed by atoms with van der Waals surface area (Å²) < 4.78 is 5.80. The number of nitrogens with one attached hydrogen (secondary N) is 1.